The molecule has 2 aromatic rings. The highest BCUT2D eigenvalue weighted by Crippen LogP contribution is 2.29. The lowest BCUT2D eigenvalue weighted by Gasteiger charge is -2.30. The number of hydrogen-bond donors (Lipinski definition) is 1. The summed E-state index contributed by atoms with van der Waals surface area (Å²) >= 11 is 0. The van der Waals surface area contributed by atoms with E-state index in [-0.39, 0.29) is 22.9 Å². The number of nitrogens with zero attached hydrogens (tertiary/aromatic N) is 2. The van der Waals surface area contributed by atoms with Crippen LogP contribution in [0.15, 0.2) is 42.5 Å². The lowest BCUT2D eigenvalue weighted by molar-refractivity contribution is -0.384. The number of carbonyl (C=O) groups is 2. The van der Waals surface area contributed by atoms with Crippen LogP contribution in [-0.2, 0) is 4.79 Å². The second-order valence-electron chi connectivity index (χ2n) is 6.60. The standard InChI is InChI=1S/C20H21N3O5/c1-14(24)21-15-5-8-17(9-6-15)28-20(25)18-13-16(23(26)27)7-10-19(18)22-11-3-2-4-12-22/h5-10,13H,2-4,11-12H2,1H3,(H,21,24). The number of hydrogen-bond acceptors (Lipinski definition) is 6. The van der Waals surface area contributed by atoms with Crippen molar-refractivity contribution in [3.05, 3.63) is 58.1 Å². The number of rotatable bonds is 5. The van der Waals surface area contributed by atoms with Gasteiger partial charge in [0, 0.05) is 37.8 Å². The third-order valence-electron chi connectivity index (χ3n) is 4.49. The topological polar surface area (TPSA) is 102 Å². The van der Waals surface area contributed by atoms with E-state index in [2.05, 4.69) is 10.2 Å². The lowest BCUT2D eigenvalue weighted by Crippen LogP contribution is -2.31. The van der Waals surface area contributed by atoms with Gasteiger partial charge < -0.3 is 15.0 Å². The summed E-state index contributed by atoms with van der Waals surface area (Å²) in [5.74, 6) is -0.570. The van der Waals surface area contributed by atoms with Gasteiger partial charge in [-0.1, -0.05) is 0 Å². The predicted molar refractivity (Wildman–Crippen MR) is 105 cm³/mol. The molecule has 1 saturated heterocycles. The maximum atomic E-state index is 12.8. The van der Waals surface area contributed by atoms with E-state index in [0.29, 0.717) is 11.4 Å². The maximum Gasteiger partial charge on any atom is 0.345 e. The third-order valence-corrected chi connectivity index (χ3v) is 4.49. The van der Waals surface area contributed by atoms with Crippen molar-refractivity contribution in [1.82, 2.24) is 0 Å². The number of anilines is 2. The number of piperidine rings is 1. The van der Waals surface area contributed by atoms with E-state index in [0.717, 1.165) is 32.4 Å². The summed E-state index contributed by atoms with van der Waals surface area (Å²) < 4.78 is 5.43. The van der Waals surface area contributed by atoms with Crippen LogP contribution in [0.25, 0.3) is 0 Å². The molecule has 1 N–H and O–H groups in total. The fraction of sp³-hybridized carbons (Fsp3) is 0.300. The quantitative estimate of drug-likeness (QED) is 0.365. The summed E-state index contributed by atoms with van der Waals surface area (Å²) in [5, 5.41) is 13.8. The second kappa shape index (κ2) is 8.51. The molecule has 3 rings (SSSR count). The van der Waals surface area contributed by atoms with Crippen LogP contribution in [-0.4, -0.2) is 29.9 Å². The largest absolute Gasteiger partial charge is 0.423 e. The molecule has 8 nitrogen and oxygen atoms in total. The Labute approximate surface area is 162 Å². The molecule has 0 radical (unpaired) electrons. The highest BCUT2D eigenvalue weighted by Gasteiger charge is 2.23. The van der Waals surface area contributed by atoms with Crippen molar-refractivity contribution in [3.8, 4) is 5.75 Å². The third kappa shape index (κ3) is 4.64. The van der Waals surface area contributed by atoms with Crippen LogP contribution in [0.5, 0.6) is 5.75 Å². The molecule has 2 aromatic carbocycles. The Balaban J connectivity index is 1.85. The van der Waals surface area contributed by atoms with Crippen LogP contribution in [0.1, 0.15) is 36.5 Å². The smallest absolute Gasteiger partial charge is 0.345 e. The first-order valence-corrected chi connectivity index (χ1v) is 9.07. The van der Waals surface area contributed by atoms with Crippen LogP contribution in [0.4, 0.5) is 17.1 Å². The maximum absolute atomic E-state index is 12.8. The van der Waals surface area contributed by atoms with E-state index in [1.54, 1.807) is 30.3 Å². The number of carbonyl (C=O) groups excluding carboxylic acids is 2. The van der Waals surface area contributed by atoms with Gasteiger partial charge in [0.1, 0.15) is 5.75 Å². The molecular weight excluding hydrogens is 362 g/mol. The van der Waals surface area contributed by atoms with Crippen LogP contribution >= 0.6 is 0 Å². The molecule has 0 aromatic heterocycles. The summed E-state index contributed by atoms with van der Waals surface area (Å²) in [6.45, 7) is 2.99. The summed E-state index contributed by atoms with van der Waals surface area (Å²) in [5.41, 5.74) is 1.23. The van der Waals surface area contributed by atoms with E-state index in [1.807, 2.05) is 0 Å². The van der Waals surface area contributed by atoms with Gasteiger partial charge in [0.15, 0.2) is 0 Å². The van der Waals surface area contributed by atoms with Gasteiger partial charge >= 0.3 is 5.97 Å². The number of non-ortho nitro benzene ring substituents is 1. The van der Waals surface area contributed by atoms with Crippen molar-refractivity contribution in [2.75, 3.05) is 23.3 Å². The van der Waals surface area contributed by atoms with Gasteiger partial charge in [-0.3, -0.25) is 14.9 Å². The Hall–Kier alpha value is -3.42. The molecule has 0 bridgehead atoms. The van der Waals surface area contributed by atoms with E-state index < -0.39 is 10.9 Å². The fourth-order valence-electron chi connectivity index (χ4n) is 3.18. The molecule has 0 atom stereocenters. The number of nitro groups is 1. The van der Waals surface area contributed by atoms with Crippen LogP contribution in [0, 0.1) is 10.1 Å². The van der Waals surface area contributed by atoms with Crippen molar-refractivity contribution in [2.24, 2.45) is 0 Å². The zero-order valence-corrected chi connectivity index (χ0v) is 15.5. The van der Waals surface area contributed by atoms with Gasteiger partial charge in [0.2, 0.25) is 5.91 Å². The number of esters is 1. The number of amides is 1. The van der Waals surface area contributed by atoms with E-state index in [1.165, 1.54) is 19.1 Å². The number of benzene rings is 2. The second-order valence-corrected chi connectivity index (χ2v) is 6.60. The summed E-state index contributed by atoms with van der Waals surface area (Å²) in [4.78, 5) is 36.5. The molecular formula is C20H21N3O5. The van der Waals surface area contributed by atoms with Crippen LogP contribution in [0.3, 0.4) is 0 Å². The Kier molecular flexibility index (Phi) is 5.88. The van der Waals surface area contributed by atoms with Crippen molar-refractivity contribution in [2.45, 2.75) is 26.2 Å². The minimum Gasteiger partial charge on any atom is -0.423 e. The number of ether oxygens (including phenoxy) is 1. The zero-order valence-electron chi connectivity index (χ0n) is 15.5. The molecule has 8 heteroatoms. The van der Waals surface area contributed by atoms with E-state index in [9.17, 15) is 19.7 Å². The lowest BCUT2D eigenvalue weighted by atomic mass is 10.1. The van der Waals surface area contributed by atoms with Gasteiger partial charge in [-0.25, -0.2) is 4.79 Å². The molecule has 28 heavy (non-hydrogen) atoms. The Bertz CT molecular complexity index is 889. The molecule has 0 spiro atoms. The molecule has 1 heterocycles. The fourth-order valence-corrected chi connectivity index (χ4v) is 3.18. The van der Waals surface area contributed by atoms with Gasteiger partial charge in [-0.05, 0) is 49.6 Å². The van der Waals surface area contributed by atoms with E-state index >= 15 is 0 Å². The summed E-state index contributed by atoms with van der Waals surface area (Å²) in [7, 11) is 0. The predicted octanol–water partition coefficient (Wildman–Crippen LogP) is 3.76. The molecule has 1 aliphatic heterocycles. The Morgan fingerprint density at radius 1 is 1.07 bits per heavy atom. The van der Waals surface area contributed by atoms with Crippen LogP contribution < -0.4 is 15.0 Å². The molecule has 0 unspecified atom stereocenters. The molecule has 0 aliphatic carbocycles. The highest BCUT2D eigenvalue weighted by molar-refractivity contribution is 5.98. The normalized spacial score (nSPS) is 13.7. The van der Waals surface area contributed by atoms with Crippen molar-refractivity contribution in [1.29, 1.82) is 0 Å². The Morgan fingerprint density at radius 3 is 2.36 bits per heavy atom. The minimum absolute atomic E-state index is 0.159. The monoisotopic (exact) mass is 383 g/mol. The SMILES string of the molecule is CC(=O)Nc1ccc(OC(=O)c2cc([N+](=O)[O-])ccc2N2CCCCC2)cc1. The molecule has 0 saturated carbocycles. The van der Waals surface area contributed by atoms with Crippen molar-refractivity contribution < 1.29 is 19.2 Å². The average molecular weight is 383 g/mol. The first kappa shape index (κ1) is 19.3. The number of nitrogens with one attached hydrogen (secondary N) is 1. The molecule has 1 fully saturated rings. The van der Waals surface area contributed by atoms with Crippen molar-refractivity contribution >= 4 is 28.9 Å². The zero-order chi connectivity index (χ0) is 20.1. The van der Waals surface area contributed by atoms with Gasteiger partial charge in [-0.15, -0.1) is 0 Å². The Morgan fingerprint density at radius 2 is 1.75 bits per heavy atom. The van der Waals surface area contributed by atoms with Gasteiger partial charge in [-0.2, -0.15) is 0 Å². The van der Waals surface area contributed by atoms with Crippen LogP contribution in [0.2, 0.25) is 0 Å². The summed E-state index contributed by atoms with van der Waals surface area (Å²) in [6, 6.07) is 10.6. The first-order chi connectivity index (χ1) is 13.4. The summed E-state index contributed by atoms with van der Waals surface area (Å²) in [6.07, 6.45) is 3.15. The highest BCUT2D eigenvalue weighted by atomic mass is 16.6. The first-order valence-electron chi connectivity index (χ1n) is 9.07. The minimum atomic E-state index is -0.656. The molecule has 1 amide bonds. The van der Waals surface area contributed by atoms with Gasteiger partial charge in [0.05, 0.1) is 16.2 Å². The molecule has 146 valence electrons. The van der Waals surface area contributed by atoms with Crippen molar-refractivity contribution in [3.63, 3.8) is 0 Å². The average Bonchev–Trinajstić information content (AvgIpc) is 2.69. The van der Waals surface area contributed by atoms with E-state index in [4.69, 9.17) is 4.74 Å². The molecule has 1 aliphatic rings. The number of nitro benzene ring substituents is 1. The van der Waals surface area contributed by atoms with Gasteiger partial charge in [0.25, 0.3) is 5.69 Å².